The number of ether oxygens (including phenoxy) is 2. The molecule has 2 aromatic carbocycles. The molecule has 3 rings (SSSR count). The van der Waals surface area contributed by atoms with Crippen molar-refractivity contribution in [3.05, 3.63) is 71.4 Å². The number of hydrogen-bond donors (Lipinski definition) is 1. The van der Waals surface area contributed by atoms with Gasteiger partial charge in [0.05, 0.1) is 13.2 Å². The molecule has 1 unspecified atom stereocenters. The van der Waals surface area contributed by atoms with Crippen LogP contribution in [0.25, 0.3) is 0 Å². The van der Waals surface area contributed by atoms with E-state index in [9.17, 15) is 8.78 Å². The molecule has 0 fully saturated rings. The van der Waals surface area contributed by atoms with E-state index in [1.54, 1.807) is 18.2 Å². The first-order valence-corrected chi connectivity index (χ1v) is 8.77. The lowest BCUT2D eigenvalue weighted by Crippen LogP contribution is -2.19. The molecular weight excluding hydrogens is 368 g/mol. The van der Waals surface area contributed by atoms with E-state index in [4.69, 9.17) is 9.26 Å². The van der Waals surface area contributed by atoms with Crippen molar-refractivity contribution in [2.75, 3.05) is 7.11 Å². The summed E-state index contributed by atoms with van der Waals surface area (Å²) >= 11 is 0. The van der Waals surface area contributed by atoms with E-state index in [0.717, 1.165) is 5.56 Å². The molecule has 0 aliphatic rings. The second-order valence-electron chi connectivity index (χ2n) is 6.14. The quantitative estimate of drug-likeness (QED) is 0.594. The number of aromatic nitrogens is 2. The molecule has 6 nitrogen and oxygen atoms in total. The molecule has 3 aromatic rings. The molecule has 0 aliphatic heterocycles. The van der Waals surface area contributed by atoms with Gasteiger partial charge in [0, 0.05) is 18.5 Å². The Bertz CT molecular complexity index is 887. The van der Waals surface area contributed by atoms with Crippen LogP contribution in [0.4, 0.5) is 8.78 Å². The molecule has 0 saturated carbocycles. The molecular formula is C20H21F2N3O3. The van der Waals surface area contributed by atoms with Gasteiger partial charge < -0.3 is 19.3 Å². The molecule has 28 heavy (non-hydrogen) atoms. The highest BCUT2D eigenvalue weighted by molar-refractivity contribution is 5.46. The summed E-state index contributed by atoms with van der Waals surface area (Å²) in [6, 6.07) is 14.5. The SMILES string of the molecule is COc1cccc(CNC(C)c2nc(Cc3ccccc3)no2)c1OC(F)F. The summed E-state index contributed by atoms with van der Waals surface area (Å²) in [6.07, 6.45) is 0.569. The maximum Gasteiger partial charge on any atom is 0.387 e. The molecule has 1 N–H and O–H groups in total. The second-order valence-corrected chi connectivity index (χ2v) is 6.14. The van der Waals surface area contributed by atoms with Crippen molar-refractivity contribution in [2.24, 2.45) is 0 Å². The van der Waals surface area contributed by atoms with E-state index >= 15 is 0 Å². The van der Waals surface area contributed by atoms with Crippen molar-refractivity contribution in [3.8, 4) is 11.5 Å². The molecule has 148 valence electrons. The van der Waals surface area contributed by atoms with Crippen LogP contribution in [-0.4, -0.2) is 23.9 Å². The van der Waals surface area contributed by atoms with Gasteiger partial charge in [-0.1, -0.05) is 47.6 Å². The van der Waals surface area contributed by atoms with Gasteiger partial charge >= 0.3 is 6.61 Å². The Balaban J connectivity index is 1.65. The minimum atomic E-state index is -2.94. The Hall–Kier alpha value is -3.00. The zero-order valence-corrected chi connectivity index (χ0v) is 15.6. The van der Waals surface area contributed by atoms with Crippen molar-refractivity contribution in [3.63, 3.8) is 0 Å². The zero-order chi connectivity index (χ0) is 19.9. The van der Waals surface area contributed by atoms with Gasteiger partial charge in [0.1, 0.15) is 0 Å². The highest BCUT2D eigenvalue weighted by Gasteiger charge is 2.18. The van der Waals surface area contributed by atoms with Gasteiger partial charge in [0.25, 0.3) is 0 Å². The molecule has 0 amide bonds. The van der Waals surface area contributed by atoms with E-state index in [1.165, 1.54) is 7.11 Å². The van der Waals surface area contributed by atoms with E-state index in [2.05, 4.69) is 20.2 Å². The summed E-state index contributed by atoms with van der Waals surface area (Å²) < 4.78 is 40.5. The molecule has 1 heterocycles. The maximum atomic E-state index is 12.7. The molecule has 0 bridgehead atoms. The fourth-order valence-corrected chi connectivity index (χ4v) is 2.73. The summed E-state index contributed by atoms with van der Waals surface area (Å²) in [4.78, 5) is 4.41. The van der Waals surface area contributed by atoms with Crippen LogP contribution in [0, 0.1) is 0 Å². The van der Waals surface area contributed by atoms with E-state index in [0.29, 0.717) is 23.7 Å². The van der Waals surface area contributed by atoms with Crippen LogP contribution in [0.1, 0.15) is 35.8 Å². The Morgan fingerprint density at radius 2 is 1.89 bits per heavy atom. The van der Waals surface area contributed by atoms with Gasteiger partial charge in [-0.05, 0) is 18.6 Å². The summed E-state index contributed by atoms with van der Waals surface area (Å²) in [6.45, 7) is -0.825. The topological polar surface area (TPSA) is 69.4 Å². The lowest BCUT2D eigenvalue weighted by atomic mass is 10.1. The van der Waals surface area contributed by atoms with Crippen molar-refractivity contribution in [2.45, 2.75) is 32.5 Å². The molecule has 0 spiro atoms. The van der Waals surface area contributed by atoms with E-state index in [1.807, 2.05) is 37.3 Å². The number of nitrogens with zero attached hydrogens (tertiary/aromatic N) is 2. The highest BCUT2D eigenvalue weighted by Crippen LogP contribution is 2.32. The van der Waals surface area contributed by atoms with Gasteiger partial charge in [-0.3, -0.25) is 0 Å². The van der Waals surface area contributed by atoms with Crippen LogP contribution in [0.5, 0.6) is 11.5 Å². The first-order valence-electron chi connectivity index (χ1n) is 8.77. The van der Waals surface area contributed by atoms with Crippen molar-refractivity contribution in [1.29, 1.82) is 0 Å². The third kappa shape index (κ3) is 5.04. The fraction of sp³-hybridized carbons (Fsp3) is 0.300. The maximum absolute atomic E-state index is 12.7. The van der Waals surface area contributed by atoms with Gasteiger partial charge in [-0.15, -0.1) is 0 Å². The lowest BCUT2D eigenvalue weighted by Gasteiger charge is -2.16. The lowest BCUT2D eigenvalue weighted by molar-refractivity contribution is -0.0519. The van der Waals surface area contributed by atoms with Gasteiger partial charge in [-0.25, -0.2) is 0 Å². The highest BCUT2D eigenvalue weighted by atomic mass is 19.3. The van der Waals surface area contributed by atoms with Crippen LogP contribution in [0.3, 0.4) is 0 Å². The Labute approximate surface area is 161 Å². The monoisotopic (exact) mass is 389 g/mol. The third-order valence-corrected chi connectivity index (χ3v) is 4.15. The van der Waals surface area contributed by atoms with Gasteiger partial charge in [-0.2, -0.15) is 13.8 Å². The van der Waals surface area contributed by atoms with Gasteiger partial charge in [0.15, 0.2) is 17.3 Å². The smallest absolute Gasteiger partial charge is 0.387 e. The summed E-state index contributed by atoms with van der Waals surface area (Å²) in [7, 11) is 1.40. The second kappa shape index (κ2) is 9.27. The summed E-state index contributed by atoms with van der Waals surface area (Å²) in [5, 5.41) is 7.18. The minimum Gasteiger partial charge on any atom is -0.493 e. The van der Waals surface area contributed by atoms with Crippen LogP contribution >= 0.6 is 0 Å². The van der Waals surface area contributed by atoms with E-state index in [-0.39, 0.29) is 24.1 Å². The molecule has 0 aliphatic carbocycles. The van der Waals surface area contributed by atoms with Crippen LogP contribution in [0.15, 0.2) is 53.1 Å². The minimum absolute atomic E-state index is 0.00926. The van der Waals surface area contributed by atoms with Crippen molar-refractivity contribution < 1.29 is 22.8 Å². The predicted octanol–water partition coefficient (Wildman–Crippen LogP) is 4.12. The average Bonchev–Trinajstić information content (AvgIpc) is 3.16. The number of hydrogen-bond acceptors (Lipinski definition) is 6. The summed E-state index contributed by atoms with van der Waals surface area (Å²) in [5.74, 6) is 1.26. The molecule has 1 aromatic heterocycles. The number of rotatable bonds is 9. The van der Waals surface area contributed by atoms with Crippen molar-refractivity contribution in [1.82, 2.24) is 15.5 Å². The summed E-state index contributed by atoms with van der Waals surface area (Å²) in [5.41, 5.74) is 1.62. The Morgan fingerprint density at radius 3 is 2.61 bits per heavy atom. The predicted molar refractivity (Wildman–Crippen MR) is 98.4 cm³/mol. The molecule has 1 atom stereocenters. The molecule has 0 saturated heterocycles. The van der Waals surface area contributed by atoms with Crippen LogP contribution in [-0.2, 0) is 13.0 Å². The van der Waals surface area contributed by atoms with E-state index < -0.39 is 6.61 Å². The van der Waals surface area contributed by atoms with Crippen LogP contribution in [0.2, 0.25) is 0 Å². The number of alkyl halides is 2. The van der Waals surface area contributed by atoms with Crippen LogP contribution < -0.4 is 14.8 Å². The van der Waals surface area contributed by atoms with Crippen molar-refractivity contribution >= 4 is 0 Å². The largest absolute Gasteiger partial charge is 0.493 e. The number of methoxy groups -OCH3 is 1. The molecule has 0 radical (unpaired) electrons. The average molecular weight is 389 g/mol. The number of benzene rings is 2. The van der Waals surface area contributed by atoms with Gasteiger partial charge in [0.2, 0.25) is 5.89 Å². The number of nitrogens with one attached hydrogen (secondary N) is 1. The first-order chi connectivity index (χ1) is 13.6. The fourth-order valence-electron chi connectivity index (χ4n) is 2.73. The Morgan fingerprint density at radius 1 is 1.11 bits per heavy atom. The standard InChI is InChI=1S/C20H21F2N3O3/c1-13(19-24-17(25-28-19)11-14-7-4-3-5-8-14)23-12-15-9-6-10-16(26-2)18(15)27-20(21)22/h3-10,13,20,23H,11-12H2,1-2H3. The Kier molecular flexibility index (Phi) is 6.54. The first kappa shape index (κ1) is 19.8. The number of para-hydroxylation sites is 1. The molecule has 8 heteroatoms. The normalized spacial score (nSPS) is 12.2. The number of halogens is 2. The zero-order valence-electron chi connectivity index (χ0n) is 15.6. The third-order valence-electron chi connectivity index (χ3n) is 4.15.